The summed E-state index contributed by atoms with van der Waals surface area (Å²) in [5.41, 5.74) is 0.298. The molecule has 0 amide bonds. The van der Waals surface area contributed by atoms with Crippen LogP contribution in [0.1, 0.15) is 17.3 Å². The lowest BCUT2D eigenvalue weighted by atomic mass is 10.2. The van der Waals surface area contributed by atoms with Gasteiger partial charge in [0, 0.05) is 7.05 Å². The van der Waals surface area contributed by atoms with Crippen LogP contribution in [0.15, 0.2) is 24.3 Å². The van der Waals surface area contributed by atoms with E-state index in [1.807, 2.05) is 0 Å². The van der Waals surface area contributed by atoms with Crippen LogP contribution in [0, 0.1) is 0 Å². The molecule has 0 aliphatic rings. The highest BCUT2D eigenvalue weighted by Crippen LogP contribution is 2.20. The van der Waals surface area contributed by atoms with E-state index in [1.54, 1.807) is 0 Å². The fourth-order valence-electron chi connectivity index (χ4n) is 1.49. The van der Waals surface area contributed by atoms with Crippen molar-refractivity contribution in [3.63, 3.8) is 0 Å². The third kappa shape index (κ3) is 3.08. The van der Waals surface area contributed by atoms with Crippen molar-refractivity contribution in [3.05, 3.63) is 29.8 Å². The lowest BCUT2D eigenvalue weighted by molar-refractivity contribution is -0.139. The van der Waals surface area contributed by atoms with E-state index in [4.69, 9.17) is 5.11 Å². The van der Waals surface area contributed by atoms with Crippen molar-refractivity contribution in [2.24, 2.45) is 0 Å². The molecule has 1 atom stereocenters. The Balaban J connectivity index is 3.07. The van der Waals surface area contributed by atoms with Gasteiger partial charge in [-0.05, 0) is 31.2 Å². The van der Waals surface area contributed by atoms with Gasteiger partial charge in [0.05, 0.1) is 18.4 Å². The van der Waals surface area contributed by atoms with E-state index in [0.717, 1.165) is 11.4 Å². The number of carbonyl (C=O) groups is 2. The van der Waals surface area contributed by atoms with Gasteiger partial charge in [0.15, 0.2) is 5.25 Å². The molecule has 1 rings (SSSR count). The number of esters is 1. The third-order valence-corrected chi connectivity index (χ3v) is 4.90. The number of carboxylic acids is 1. The predicted molar refractivity (Wildman–Crippen MR) is 72.2 cm³/mol. The molecule has 0 fully saturated rings. The minimum absolute atomic E-state index is 0.0422. The maximum absolute atomic E-state index is 12.2. The molecule has 0 saturated carbocycles. The van der Waals surface area contributed by atoms with Gasteiger partial charge in [-0.2, -0.15) is 0 Å². The predicted octanol–water partition coefficient (Wildman–Crippen LogP) is 0.712. The summed E-state index contributed by atoms with van der Waals surface area (Å²) in [6.07, 6.45) is 0. The Labute approximate surface area is 116 Å². The molecule has 8 heteroatoms. The molecule has 0 aliphatic heterocycles. The number of aromatic carboxylic acids is 1. The van der Waals surface area contributed by atoms with Gasteiger partial charge in [0.25, 0.3) is 0 Å². The van der Waals surface area contributed by atoms with E-state index in [1.165, 1.54) is 38.2 Å². The molecular weight excluding hydrogens is 286 g/mol. The van der Waals surface area contributed by atoms with Crippen LogP contribution in [0.4, 0.5) is 5.69 Å². The molecule has 0 bridgehead atoms. The van der Waals surface area contributed by atoms with Crippen LogP contribution in [-0.2, 0) is 19.6 Å². The number of methoxy groups -OCH3 is 1. The Kier molecular flexibility index (Phi) is 4.72. The van der Waals surface area contributed by atoms with Gasteiger partial charge < -0.3 is 9.84 Å². The van der Waals surface area contributed by atoms with Crippen LogP contribution < -0.4 is 4.31 Å². The molecule has 0 radical (unpaired) electrons. The van der Waals surface area contributed by atoms with Crippen LogP contribution >= 0.6 is 0 Å². The first-order chi connectivity index (χ1) is 9.21. The fraction of sp³-hybridized carbons (Fsp3) is 0.333. The number of nitrogens with zero attached hydrogens (tertiary/aromatic N) is 1. The number of ether oxygens (including phenoxy) is 1. The Hall–Kier alpha value is -2.09. The minimum atomic E-state index is -3.93. The number of rotatable bonds is 5. The number of carboxylic acid groups (broad SMARTS) is 1. The Bertz CT molecular complexity index is 607. The molecule has 20 heavy (non-hydrogen) atoms. The van der Waals surface area contributed by atoms with Crippen LogP contribution in [0.25, 0.3) is 0 Å². The maximum Gasteiger partial charge on any atom is 0.335 e. The molecule has 1 N–H and O–H groups in total. The van der Waals surface area contributed by atoms with Gasteiger partial charge in [0.2, 0.25) is 10.0 Å². The van der Waals surface area contributed by atoms with Crippen LogP contribution in [0.3, 0.4) is 0 Å². The van der Waals surface area contributed by atoms with Crippen LogP contribution in [0.5, 0.6) is 0 Å². The first kappa shape index (κ1) is 16.0. The highest BCUT2D eigenvalue weighted by molar-refractivity contribution is 7.94. The molecule has 7 nitrogen and oxygen atoms in total. The van der Waals surface area contributed by atoms with Gasteiger partial charge in [-0.3, -0.25) is 9.10 Å². The molecule has 0 aliphatic carbocycles. The zero-order chi connectivity index (χ0) is 15.5. The summed E-state index contributed by atoms with van der Waals surface area (Å²) in [6.45, 7) is 1.23. The average Bonchev–Trinajstić information content (AvgIpc) is 2.44. The molecule has 110 valence electrons. The zero-order valence-electron chi connectivity index (χ0n) is 11.2. The number of carbonyl (C=O) groups excluding carboxylic acids is 1. The SMILES string of the molecule is COC(=O)C(C)S(=O)(=O)N(C)c1ccc(C(=O)O)cc1. The average molecular weight is 301 g/mol. The summed E-state index contributed by atoms with van der Waals surface area (Å²) < 4.78 is 29.6. The van der Waals surface area contributed by atoms with E-state index in [2.05, 4.69) is 4.74 Å². The van der Waals surface area contributed by atoms with Crippen molar-refractivity contribution in [1.29, 1.82) is 0 Å². The monoisotopic (exact) mass is 301 g/mol. The Morgan fingerprint density at radius 2 is 1.75 bits per heavy atom. The zero-order valence-corrected chi connectivity index (χ0v) is 12.0. The Morgan fingerprint density at radius 1 is 1.25 bits per heavy atom. The van der Waals surface area contributed by atoms with E-state index in [-0.39, 0.29) is 11.3 Å². The van der Waals surface area contributed by atoms with Crippen molar-refractivity contribution in [1.82, 2.24) is 0 Å². The maximum atomic E-state index is 12.2. The van der Waals surface area contributed by atoms with Crippen molar-refractivity contribution in [3.8, 4) is 0 Å². The van der Waals surface area contributed by atoms with Crippen molar-refractivity contribution in [2.75, 3.05) is 18.5 Å². The van der Waals surface area contributed by atoms with E-state index in [0.29, 0.717) is 0 Å². The van der Waals surface area contributed by atoms with Crippen molar-refractivity contribution in [2.45, 2.75) is 12.2 Å². The van der Waals surface area contributed by atoms with Crippen molar-refractivity contribution >= 4 is 27.6 Å². The van der Waals surface area contributed by atoms with E-state index >= 15 is 0 Å². The first-order valence-electron chi connectivity index (χ1n) is 5.60. The topological polar surface area (TPSA) is 101 Å². The molecule has 1 aromatic carbocycles. The highest BCUT2D eigenvalue weighted by atomic mass is 32.2. The summed E-state index contributed by atoms with van der Waals surface area (Å²) >= 11 is 0. The minimum Gasteiger partial charge on any atom is -0.478 e. The molecule has 0 spiro atoms. The number of hydrogen-bond acceptors (Lipinski definition) is 5. The van der Waals surface area contributed by atoms with Gasteiger partial charge in [-0.15, -0.1) is 0 Å². The standard InChI is InChI=1S/C12H15NO6S/c1-8(12(16)19-3)20(17,18)13(2)10-6-4-9(5-7-10)11(14)15/h4-8H,1-3H3,(H,14,15). The largest absolute Gasteiger partial charge is 0.478 e. The van der Waals surface area contributed by atoms with Crippen LogP contribution in [-0.4, -0.2) is 44.9 Å². The lowest BCUT2D eigenvalue weighted by Gasteiger charge is -2.22. The normalized spacial score (nSPS) is 12.6. The number of hydrogen-bond donors (Lipinski definition) is 1. The van der Waals surface area contributed by atoms with Crippen LogP contribution in [0.2, 0.25) is 0 Å². The highest BCUT2D eigenvalue weighted by Gasteiger charge is 2.32. The third-order valence-electron chi connectivity index (χ3n) is 2.84. The second-order valence-electron chi connectivity index (χ2n) is 4.03. The number of benzene rings is 1. The summed E-state index contributed by atoms with van der Waals surface area (Å²) in [5, 5.41) is 7.42. The summed E-state index contributed by atoms with van der Waals surface area (Å²) in [5.74, 6) is -1.97. The molecule has 0 aromatic heterocycles. The summed E-state index contributed by atoms with van der Waals surface area (Å²) in [6, 6.07) is 5.27. The number of sulfonamides is 1. The first-order valence-corrected chi connectivity index (χ1v) is 7.11. The second-order valence-corrected chi connectivity index (χ2v) is 6.31. The van der Waals surface area contributed by atoms with Gasteiger partial charge in [-0.1, -0.05) is 0 Å². The van der Waals surface area contributed by atoms with Crippen molar-refractivity contribution < 1.29 is 27.9 Å². The summed E-state index contributed by atoms with van der Waals surface area (Å²) in [4.78, 5) is 22.1. The van der Waals surface area contributed by atoms with Gasteiger partial charge in [-0.25, -0.2) is 13.2 Å². The van der Waals surface area contributed by atoms with E-state index in [9.17, 15) is 18.0 Å². The fourth-order valence-corrected chi connectivity index (χ4v) is 2.71. The van der Waals surface area contributed by atoms with Gasteiger partial charge >= 0.3 is 11.9 Å². The van der Waals surface area contributed by atoms with E-state index < -0.39 is 27.2 Å². The molecule has 0 heterocycles. The lowest BCUT2D eigenvalue weighted by Crippen LogP contribution is -2.39. The molecule has 1 aromatic rings. The molecule has 1 unspecified atom stereocenters. The van der Waals surface area contributed by atoms with Gasteiger partial charge in [0.1, 0.15) is 0 Å². The molecular formula is C12H15NO6S. The molecule has 0 saturated heterocycles. The smallest absolute Gasteiger partial charge is 0.335 e. The number of anilines is 1. The Morgan fingerprint density at radius 3 is 2.15 bits per heavy atom. The second kappa shape index (κ2) is 5.91. The summed E-state index contributed by atoms with van der Waals surface area (Å²) in [7, 11) is -1.54. The quantitative estimate of drug-likeness (QED) is 0.804.